The van der Waals surface area contributed by atoms with E-state index in [-0.39, 0.29) is 24.7 Å². The van der Waals surface area contributed by atoms with Gasteiger partial charge in [-0.2, -0.15) is 0 Å². The predicted molar refractivity (Wildman–Crippen MR) is 152 cm³/mol. The molecule has 5 aliphatic rings. The Labute approximate surface area is 239 Å². The molecule has 0 aromatic rings. The van der Waals surface area contributed by atoms with E-state index >= 15 is 0 Å². The molecule has 3 saturated heterocycles. The van der Waals surface area contributed by atoms with Crippen molar-refractivity contribution in [2.24, 2.45) is 23.7 Å². The summed E-state index contributed by atoms with van der Waals surface area (Å²) >= 11 is 0. The SMILES string of the molecule is CC1=CCC2CC(CC3(CCC(C)C(C(C)C)O3)O2)OC(=O)C2C=C(C)C(O)C3OCC(=CC=CC(C)C1)C23O. The molecule has 2 N–H and O–H groups in total. The molecule has 7 heteroatoms. The van der Waals surface area contributed by atoms with E-state index in [1.165, 1.54) is 5.57 Å². The van der Waals surface area contributed by atoms with Crippen LogP contribution in [0.4, 0.5) is 0 Å². The van der Waals surface area contributed by atoms with Gasteiger partial charge in [-0.3, -0.25) is 4.79 Å². The summed E-state index contributed by atoms with van der Waals surface area (Å²) in [5.41, 5.74) is 0.780. The lowest BCUT2D eigenvalue weighted by atomic mass is 9.71. The van der Waals surface area contributed by atoms with Crippen LogP contribution in [0.5, 0.6) is 0 Å². The van der Waals surface area contributed by atoms with Crippen LogP contribution < -0.4 is 0 Å². The zero-order chi connectivity index (χ0) is 28.8. The topological polar surface area (TPSA) is 94.5 Å². The molecule has 0 aromatic carbocycles. The summed E-state index contributed by atoms with van der Waals surface area (Å²) in [7, 11) is 0. The second kappa shape index (κ2) is 11.5. The Morgan fingerprint density at radius 1 is 1.12 bits per heavy atom. The molecule has 3 fully saturated rings. The van der Waals surface area contributed by atoms with E-state index in [1.54, 1.807) is 13.0 Å². The van der Waals surface area contributed by atoms with Gasteiger partial charge in [-0.15, -0.1) is 0 Å². The number of fused-ring (bicyclic) bond motifs is 2. The molecule has 10 unspecified atom stereocenters. The second-order valence-corrected chi connectivity index (χ2v) is 13.4. The highest BCUT2D eigenvalue weighted by Crippen LogP contribution is 2.47. The minimum atomic E-state index is -1.68. The van der Waals surface area contributed by atoms with E-state index in [1.807, 2.05) is 12.2 Å². The van der Waals surface area contributed by atoms with E-state index in [2.05, 4.69) is 46.8 Å². The van der Waals surface area contributed by atoms with Crippen LogP contribution in [-0.4, -0.2) is 64.7 Å². The third kappa shape index (κ3) is 5.65. The first-order chi connectivity index (χ1) is 18.9. The highest BCUT2D eigenvalue weighted by atomic mass is 16.7. The van der Waals surface area contributed by atoms with Gasteiger partial charge < -0.3 is 29.2 Å². The van der Waals surface area contributed by atoms with E-state index in [9.17, 15) is 15.0 Å². The summed E-state index contributed by atoms with van der Waals surface area (Å²) < 4.78 is 25.6. The van der Waals surface area contributed by atoms with Crippen LogP contribution in [0.1, 0.15) is 80.1 Å². The van der Waals surface area contributed by atoms with Crippen molar-refractivity contribution in [3.05, 3.63) is 47.1 Å². The van der Waals surface area contributed by atoms with Gasteiger partial charge in [-0.05, 0) is 62.0 Å². The number of aliphatic hydroxyl groups is 2. The van der Waals surface area contributed by atoms with Crippen molar-refractivity contribution in [2.75, 3.05) is 6.61 Å². The van der Waals surface area contributed by atoms with Crippen molar-refractivity contribution >= 4 is 5.97 Å². The molecule has 5 rings (SSSR count). The molecule has 0 saturated carbocycles. The van der Waals surface area contributed by atoms with Crippen LogP contribution in [-0.2, 0) is 23.7 Å². The lowest BCUT2D eigenvalue weighted by molar-refractivity contribution is -0.340. The minimum Gasteiger partial charge on any atom is -0.462 e. The van der Waals surface area contributed by atoms with Gasteiger partial charge in [0.2, 0.25) is 0 Å². The maximum Gasteiger partial charge on any atom is 0.316 e. The Balaban J connectivity index is 1.51. The smallest absolute Gasteiger partial charge is 0.316 e. The molecule has 0 radical (unpaired) electrons. The van der Waals surface area contributed by atoms with E-state index in [0.717, 1.165) is 25.7 Å². The molecule has 222 valence electrons. The summed E-state index contributed by atoms with van der Waals surface area (Å²) in [6, 6.07) is 0. The van der Waals surface area contributed by atoms with Crippen LogP contribution in [0.25, 0.3) is 0 Å². The number of rotatable bonds is 1. The molecular formula is C33H48O7. The first-order valence-electron chi connectivity index (χ1n) is 15.2. The van der Waals surface area contributed by atoms with Crippen molar-refractivity contribution in [2.45, 2.75) is 122 Å². The van der Waals surface area contributed by atoms with Gasteiger partial charge in [0.25, 0.3) is 0 Å². The molecule has 4 heterocycles. The molecule has 0 aromatic heterocycles. The Morgan fingerprint density at radius 3 is 2.65 bits per heavy atom. The largest absolute Gasteiger partial charge is 0.462 e. The zero-order valence-electron chi connectivity index (χ0n) is 25.0. The summed E-state index contributed by atoms with van der Waals surface area (Å²) in [4.78, 5) is 13.9. The fraction of sp³-hybridized carbons (Fsp3) is 0.727. The van der Waals surface area contributed by atoms with Gasteiger partial charge in [-0.1, -0.05) is 63.6 Å². The van der Waals surface area contributed by atoms with Crippen molar-refractivity contribution < 1.29 is 34.0 Å². The van der Waals surface area contributed by atoms with Gasteiger partial charge in [0.1, 0.15) is 29.8 Å². The zero-order valence-corrected chi connectivity index (χ0v) is 25.0. The number of aliphatic hydroxyl groups excluding tert-OH is 1. The molecule has 2 bridgehead atoms. The summed E-state index contributed by atoms with van der Waals surface area (Å²) in [5.74, 6) is -1.22. The highest BCUT2D eigenvalue weighted by Gasteiger charge is 2.60. The number of hydrogen-bond donors (Lipinski definition) is 2. The van der Waals surface area contributed by atoms with Crippen molar-refractivity contribution in [3.63, 3.8) is 0 Å². The first kappa shape index (κ1) is 29.7. The molecule has 0 amide bonds. The van der Waals surface area contributed by atoms with Crippen molar-refractivity contribution in [3.8, 4) is 0 Å². The number of esters is 1. The Kier molecular flexibility index (Phi) is 8.53. The van der Waals surface area contributed by atoms with Gasteiger partial charge in [0, 0.05) is 19.3 Å². The summed E-state index contributed by atoms with van der Waals surface area (Å²) in [6.45, 7) is 12.8. The maximum absolute atomic E-state index is 13.9. The van der Waals surface area contributed by atoms with Gasteiger partial charge in [0.05, 0.1) is 18.8 Å². The minimum absolute atomic E-state index is 0.0712. The lowest BCUT2D eigenvalue weighted by Gasteiger charge is -2.50. The highest BCUT2D eigenvalue weighted by molar-refractivity contribution is 5.78. The van der Waals surface area contributed by atoms with Crippen LogP contribution >= 0.6 is 0 Å². The van der Waals surface area contributed by atoms with Crippen LogP contribution in [0, 0.1) is 23.7 Å². The Morgan fingerprint density at radius 2 is 1.90 bits per heavy atom. The average molecular weight is 557 g/mol. The molecule has 1 aliphatic carbocycles. The standard InChI is InChI=1S/C33H48O7/c1-19(2)29-22(5)12-13-32(40-29)17-26-16-25(39-32)11-10-21(4)14-20(3)8-7-9-24-18-37-30-28(34)23(6)15-27(31(35)38-26)33(24,30)36/h7-10,15,19-20,22,25-30,34,36H,11-14,16-18H2,1-6H3. The second-order valence-electron chi connectivity index (χ2n) is 13.4. The molecular weight excluding hydrogens is 508 g/mol. The summed E-state index contributed by atoms with van der Waals surface area (Å²) in [6.07, 6.45) is 11.8. The lowest BCUT2D eigenvalue weighted by Crippen LogP contribution is -2.58. The molecule has 10 atom stereocenters. The average Bonchev–Trinajstić information content (AvgIpc) is 3.23. The van der Waals surface area contributed by atoms with Gasteiger partial charge >= 0.3 is 5.97 Å². The third-order valence-corrected chi connectivity index (χ3v) is 9.67. The number of carbonyl (C=O) groups is 1. The number of ether oxygens (including phenoxy) is 4. The van der Waals surface area contributed by atoms with Gasteiger partial charge in [0.15, 0.2) is 5.79 Å². The number of carbonyl (C=O) groups excluding carboxylic acids is 1. The molecule has 40 heavy (non-hydrogen) atoms. The van der Waals surface area contributed by atoms with E-state index in [0.29, 0.717) is 35.8 Å². The van der Waals surface area contributed by atoms with E-state index in [4.69, 9.17) is 18.9 Å². The van der Waals surface area contributed by atoms with Crippen LogP contribution in [0.3, 0.4) is 0 Å². The third-order valence-electron chi connectivity index (χ3n) is 9.67. The number of hydrogen-bond acceptors (Lipinski definition) is 7. The summed E-state index contributed by atoms with van der Waals surface area (Å²) in [5, 5.41) is 22.9. The fourth-order valence-electron chi connectivity index (χ4n) is 7.48. The normalized spacial score (nSPS) is 44.5. The Bertz CT molecular complexity index is 1090. The number of allylic oxidation sites excluding steroid dienone is 4. The van der Waals surface area contributed by atoms with E-state index < -0.39 is 41.6 Å². The van der Waals surface area contributed by atoms with Crippen LogP contribution in [0.15, 0.2) is 47.1 Å². The monoisotopic (exact) mass is 556 g/mol. The molecule has 7 nitrogen and oxygen atoms in total. The Hall–Kier alpha value is -1.77. The molecule has 1 spiro atoms. The predicted octanol–water partition coefficient (Wildman–Crippen LogP) is 5.17. The fourth-order valence-corrected chi connectivity index (χ4v) is 7.48. The van der Waals surface area contributed by atoms with Crippen molar-refractivity contribution in [1.82, 2.24) is 0 Å². The van der Waals surface area contributed by atoms with Crippen LogP contribution in [0.2, 0.25) is 0 Å². The van der Waals surface area contributed by atoms with Gasteiger partial charge in [-0.25, -0.2) is 0 Å². The first-order valence-corrected chi connectivity index (χ1v) is 15.2. The quantitative estimate of drug-likeness (QED) is 0.340. The maximum atomic E-state index is 13.9. The molecule has 4 aliphatic heterocycles. The van der Waals surface area contributed by atoms with Crippen molar-refractivity contribution in [1.29, 1.82) is 0 Å².